The Bertz CT molecular complexity index is 566. The first-order chi connectivity index (χ1) is 9.69. The number of aryl methyl sites for hydroxylation is 1. The number of nitrogens with two attached hydrogens (primary N) is 1. The molecule has 0 radical (unpaired) electrons. The van der Waals surface area contributed by atoms with Gasteiger partial charge in [-0.3, -0.25) is 4.79 Å². The van der Waals surface area contributed by atoms with E-state index in [0.717, 1.165) is 17.7 Å². The van der Waals surface area contributed by atoms with E-state index in [0.29, 0.717) is 0 Å². The summed E-state index contributed by atoms with van der Waals surface area (Å²) in [5.41, 5.74) is 9.05. The molecule has 1 unspecified atom stereocenters. The maximum atomic E-state index is 12.0. The zero-order valence-electron chi connectivity index (χ0n) is 11.7. The molecule has 0 aromatic heterocycles. The zero-order chi connectivity index (χ0) is 14.4. The summed E-state index contributed by atoms with van der Waals surface area (Å²) >= 11 is 0. The van der Waals surface area contributed by atoms with Crippen LogP contribution in [-0.4, -0.2) is 5.91 Å². The van der Waals surface area contributed by atoms with Crippen molar-refractivity contribution >= 4 is 11.6 Å². The van der Waals surface area contributed by atoms with Gasteiger partial charge in [-0.05, 0) is 29.7 Å². The summed E-state index contributed by atoms with van der Waals surface area (Å²) in [6.45, 7) is 2.09. The average Bonchev–Trinajstić information content (AvgIpc) is 2.48. The maximum absolute atomic E-state index is 12.0. The van der Waals surface area contributed by atoms with Crippen LogP contribution in [-0.2, 0) is 11.2 Å². The molecule has 2 aromatic rings. The number of benzene rings is 2. The number of carbonyl (C=O) groups is 1. The summed E-state index contributed by atoms with van der Waals surface area (Å²) in [5, 5.41) is 2.90. The first-order valence-corrected chi connectivity index (χ1v) is 6.88. The highest BCUT2D eigenvalue weighted by Crippen LogP contribution is 2.16. The average molecular weight is 268 g/mol. The monoisotopic (exact) mass is 268 g/mol. The van der Waals surface area contributed by atoms with Gasteiger partial charge in [-0.15, -0.1) is 0 Å². The summed E-state index contributed by atoms with van der Waals surface area (Å²) in [6, 6.07) is 17.3. The molecule has 0 spiro atoms. The Hall–Kier alpha value is -2.13. The van der Waals surface area contributed by atoms with Gasteiger partial charge >= 0.3 is 0 Å². The summed E-state index contributed by atoms with van der Waals surface area (Å²) in [5.74, 6) is -0.0605. The fourth-order valence-electron chi connectivity index (χ4n) is 2.10. The van der Waals surface area contributed by atoms with Gasteiger partial charge in [0.1, 0.15) is 0 Å². The number of hydrogen-bond acceptors (Lipinski definition) is 2. The summed E-state index contributed by atoms with van der Waals surface area (Å²) in [4.78, 5) is 12.0. The quantitative estimate of drug-likeness (QED) is 0.874. The molecule has 0 aliphatic heterocycles. The molecule has 0 bridgehead atoms. The lowest BCUT2D eigenvalue weighted by atomic mass is 10.0. The highest BCUT2D eigenvalue weighted by atomic mass is 16.1. The molecule has 0 heterocycles. The lowest BCUT2D eigenvalue weighted by Crippen LogP contribution is -2.20. The lowest BCUT2D eigenvalue weighted by Gasteiger charge is -2.12. The van der Waals surface area contributed by atoms with E-state index < -0.39 is 0 Å². The van der Waals surface area contributed by atoms with Crippen LogP contribution in [0.4, 0.5) is 5.69 Å². The molecule has 1 atom stereocenters. The van der Waals surface area contributed by atoms with Crippen molar-refractivity contribution in [2.45, 2.75) is 25.8 Å². The standard InChI is InChI=1S/C17H20N2O/c1-2-13-7-6-10-15(11-13)19-17(20)12-16(18)14-8-4-3-5-9-14/h3-11,16H,2,12,18H2,1H3,(H,19,20). The maximum Gasteiger partial charge on any atom is 0.226 e. The minimum atomic E-state index is -0.273. The highest BCUT2D eigenvalue weighted by Gasteiger charge is 2.11. The highest BCUT2D eigenvalue weighted by molar-refractivity contribution is 5.91. The molecule has 2 aromatic carbocycles. The van der Waals surface area contributed by atoms with E-state index in [9.17, 15) is 4.79 Å². The van der Waals surface area contributed by atoms with Crippen LogP contribution in [0.1, 0.15) is 30.5 Å². The number of carbonyl (C=O) groups excluding carboxylic acids is 1. The Morgan fingerprint density at radius 2 is 1.90 bits per heavy atom. The van der Waals surface area contributed by atoms with Crippen molar-refractivity contribution in [3.05, 3.63) is 65.7 Å². The van der Waals surface area contributed by atoms with E-state index in [4.69, 9.17) is 5.73 Å². The van der Waals surface area contributed by atoms with Crippen molar-refractivity contribution in [3.63, 3.8) is 0 Å². The minimum Gasteiger partial charge on any atom is -0.326 e. The SMILES string of the molecule is CCc1cccc(NC(=O)CC(N)c2ccccc2)c1. The van der Waals surface area contributed by atoms with Crippen molar-refractivity contribution in [1.82, 2.24) is 0 Å². The van der Waals surface area contributed by atoms with E-state index in [1.165, 1.54) is 5.56 Å². The van der Waals surface area contributed by atoms with Gasteiger partial charge in [0.2, 0.25) is 5.91 Å². The van der Waals surface area contributed by atoms with Crippen LogP contribution in [0.15, 0.2) is 54.6 Å². The van der Waals surface area contributed by atoms with Gasteiger partial charge < -0.3 is 11.1 Å². The molecule has 0 aliphatic rings. The summed E-state index contributed by atoms with van der Waals surface area (Å²) < 4.78 is 0. The molecule has 0 saturated carbocycles. The van der Waals surface area contributed by atoms with Crippen LogP contribution in [0.3, 0.4) is 0 Å². The Labute approximate surface area is 119 Å². The summed E-state index contributed by atoms with van der Waals surface area (Å²) in [7, 11) is 0. The van der Waals surface area contributed by atoms with Gasteiger partial charge in [0.25, 0.3) is 0 Å². The van der Waals surface area contributed by atoms with Crippen LogP contribution in [0, 0.1) is 0 Å². The molecule has 0 aliphatic carbocycles. The fourth-order valence-corrected chi connectivity index (χ4v) is 2.10. The number of amides is 1. The van der Waals surface area contributed by atoms with E-state index >= 15 is 0 Å². The van der Waals surface area contributed by atoms with Crippen molar-refractivity contribution in [2.75, 3.05) is 5.32 Å². The normalized spacial score (nSPS) is 11.9. The van der Waals surface area contributed by atoms with Gasteiger partial charge in [-0.25, -0.2) is 0 Å². The molecule has 3 heteroatoms. The molecule has 20 heavy (non-hydrogen) atoms. The lowest BCUT2D eigenvalue weighted by molar-refractivity contribution is -0.116. The first kappa shape index (κ1) is 14.3. The van der Waals surface area contributed by atoms with E-state index in [-0.39, 0.29) is 18.4 Å². The van der Waals surface area contributed by atoms with Crippen LogP contribution < -0.4 is 11.1 Å². The minimum absolute atomic E-state index is 0.0605. The number of hydrogen-bond donors (Lipinski definition) is 2. The van der Waals surface area contributed by atoms with Gasteiger partial charge in [-0.1, -0.05) is 49.4 Å². The summed E-state index contributed by atoms with van der Waals surface area (Å²) in [6.07, 6.45) is 1.23. The zero-order valence-corrected chi connectivity index (χ0v) is 11.7. The first-order valence-electron chi connectivity index (χ1n) is 6.88. The number of anilines is 1. The second-order valence-electron chi connectivity index (χ2n) is 4.82. The topological polar surface area (TPSA) is 55.1 Å². The van der Waals surface area contributed by atoms with Crippen molar-refractivity contribution in [3.8, 4) is 0 Å². The van der Waals surface area contributed by atoms with Gasteiger partial charge in [0.15, 0.2) is 0 Å². The van der Waals surface area contributed by atoms with Crippen LogP contribution in [0.2, 0.25) is 0 Å². The van der Waals surface area contributed by atoms with E-state index in [1.807, 2.05) is 54.6 Å². The van der Waals surface area contributed by atoms with Crippen molar-refractivity contribution in [2.24, 2.45) is 5.73 Å². The van der Waals surface area contributed by atoms with Gasteiger partial charge in [0.05, 0.1) is 0 Å². The molecule has 0 saturated heterocycles. The Balaban J connectivity index is 1.95. The van der Waals surface area contributed by atoms with Gasteiger partial charge in [0, 0.05) is 18.2 Å². The Morgan fingerprint density at radius 1 is 1.15 bits per heavy atom. The largest absolute Gasteiger partial charge is 0.326 e. The second-order valence-corrected chi connectivity index (χ2v) is 4.82. The molecule has 0 fully saturated rings. The van der Waals surface area contributed by atoms with Crippen LogP contribution >= 0.6 is 0 Å². The Kier molecular flexibility index (Phi) is 4.91. The van der Waals surface area contributed by atoms with E-state index in [1.54, 1.807) is 0 Å². The molecule has 2 rings (SSSR count). The smallest absolute Gasteiger partial charge is 0.226 e. The Morgan fingerprint density at radius 3 is 2.60 bits per heavy atom. The molecule has 104 valence electrons. The van der Waals surface area contributed by atoms with E-state index in [2.05, 4.69) is 12.2 Å². The third-order valence-electron chi connectivity index (χ3n) is 3.25. The fraction of sp³-hybridized carbons (Fsp3) is 0.235. The predicted molar refractivity (Wildman–Crippen MR) is 82.4 cm³/mol. The molecule has 1 amide bonds. The second kappa shape index (κ2) is 6.87. The number of nitrogens with one attached hydrogen (secondary N) is 1. The van der Waals surface area contributed by atoms with Crippen LogP contribution in [0.25, 0.3) is 0 Å². The van der Waals surface area contributed by atoms with Crippen molar-refractivity contribution < 1.29 is 4.79 Å². The van der Waals surface area contributed by atoms with Crippen LogP contribution in [0.5, 0.6) is 0 Å². The predicted octanol–water partition coefficient (Wildman–Crippen LogP) is 3.28. The molecular weight excluding hydrogens is 248 g/mol. The van der Waals surface area contributed by atoms with Gasteiger partial charge in [-0.2, -0.15) is 0 Å². The third-order valence-corrected chi connectivity index (χ3v) is 3.25. The molecule has 3 N–H and O–H groups in total. The van der Waals surface area contributed by atoms with Crippen molar-refractivity contribution in [1.29, 1.82) is 0 Å². The molecule has 3 nitrogen and oxygen atoms in total. The third kappa shape index (κ3) is 3.93. The number of rotatable bonds is 5. The molecular formula is C17H20N2O.